The van der Waals surface area contributed by atoms with Crippen molar-refractivity contribution in [3.05, 3.63) is 0 Å². The highest BCUT2D eigenvalue weighted by molar-refractivity contribution is 7.17. The number of hydrogen-bond donors (Lipinski definition) is 0. The third kappa shape index (κ3) is 0.917. The van der Waals surface area contributed by atoms with Gasteiger partial charge in [0.1, 0.15) is 0 Å². The number of hydrogen-bond acceptors (Lipinski definition) is 0. The second-order valence-corrected chi connectivity index (χ2v) is 5.98. The Morgan fingerprint density at radius 1 is 1.27 bits per heavy atom. The Kier molecular flexibility index (Phi) is 1.63. The average molecular weight is 170 g/mol. The summed E-state index contributed by atoms with van der Waals surface area (Å²) in [5, 5.41) is 0. The van der Waals surface area contributed by atoms with Crippen LogP contribution in [0.1, 0.15) is 33.6 Å². The molecule has 3 aliphatic carbocycles. The molecule has 0 nitrogen and oxygen atoms in total. The first-order chi connectivity index (χ1) is 5.03. The predicted octanol–water partition coefficient (Wildman–Crippen LogP) is 2.93. The van der Waals surface area contributed by atoms with E-state index in [9.17, 15) is 0 Å². The van der Waals surface area contributed by atoms with Crippen LogP contribution in [0, 0.1) is 23.2 Å². The summed E-state index contributed by atoms with van der Waals surface area (Å²) in [5.74, 6) is 3.00. The molecular weight excluding hydrogens is 151 g/mol. The smallest absolute Gasteiger partial charge is 0.0233 e. The first-order valence-electron chi connectivity index (χ1n) is 4.79. The van der Waals surface area contributed by atoms with Crippen molar-refractivity contribution in [2.45, 2.75) is 39.3 Å². The molecule has 3 aliphatic rings. The fraction of sp³-hybridized carbons (Fsp3) is 1.00. The maximum Gasteiger partial charge on any atom is -0.0233 e. The third-order valence-corrected chi connectivity index (χ3v) is 5.29. The minimum atomic E-state index is 0.673. The molecule has 0 spiro atoms. The Morgan fingerprint density at radius 2 is 1.91 bits per heavy atom. The third-order valence-electron chi connectivity index (χ3n) is 4.41. The lowest BCUT2D eigenvalue weighted by atomic mass is 9.46. The van der Waals surface area contributed by atoms with Gasteiger partial charge >= 0.3 is 0 Å². The second kappa shape index (κ2) is 2.22. The molecule has 0 heterocycles. The van der Waals surface area contributed by atoms with Crippen molar-refractivity contribution >= 4 is 9.24 Å². The van der Waals surface area contributed by atoms with Crippen LogP contribution in [0.2, 0.25) is 0 Å². The first-order valence-corrected chi connectivity index (χ1v) is 5.45. The molecule has 0 N–H and O–H groups in total. The topological polar surface area (TPSA) is 0 Å². The Labute approximate surface area is 72.3 Å². The van der Waals surface area contributed by atoms with Crippen molar-refractivity contribution in [3.8, 4) is 0 Å². The van der Waals surface area contributed by atoms with Gasteiger partial charge in [0.25, 0.3) is 0 Å². The van der Waals surface area contributed by atoms with Gasteiger partial charge in [-0.2, -0.15) is 0 Å². The predicted molar refractivity (Wildman–Crippen MR) is 52.7 cm³/mol. The van der Waals surface area contributed by atoms with Gasteiger partial charge in [-0.15, -0.1) is 9.24 Å². The lowest BCUT2D eigenvalue weighted by molar-refractivity contribution is -0.0952. The molecule has 2 bridgehead atoms. The Morgan fingerprint density at radius 3 is 2.27 bits per heavy atom. The van der Waals surface area contributed by atoms with Crippen LogP contribution in [0.25, 0.3) is 0 Å². The highest BCUT2D eigenvalue weighted by atomic mass is 31.0. The van der Waals surface area contributed by atoms with E-state index < -0.39 is 0 Å². The van der Waals surface area contributed by atoms with Crippen LogP contribution >= 0.6 is 9.24 Å². The van der Waals surface area contributed by atoms with Crippen LogP contribution in [0.15, 0.2) is 0 Å². The summed E-state index contributed by atoms with van der Waals surface area (Å²) in [7, 11) is 3.03. The van der Waals surface area contributed by atoms with Crippen molar-refractivity contribution in [2.75, 3.05) is 0 Å². The van der Waals surface area contributed by atoms with Gasteiger partial charge in [0.2, 0.25) is 0 Å². The molecule has 1 heteroatoms. The van der Waals surface area contributed by atoms with Gasteiger partial charge in [-0.05, 0) is 41.7 Å². The lowest BCUT2D eigenvalue weighted by Crippen LogP contribution is -2.55. The van der Waals surface area contributed by atoms with E-state index in [1.54, 1.807) is 0 Å². The van der Waals surface area contributed by atoms with Gasteiger partial charge in [-0.3, -0.25) is 0 Å². The van der Waals surface area contributed by atoms with E-state index in [1.807, 2.05) is 0 Å². The standard InChI is InChI=1S/C10H19P/c1-6-8-4-7(5-9(6)11)10(8,2)3/h6-9H,4-5,11H2,1-3H3. The van der Waals surface area contributed by atoms with Crippen LogP contribution in [0.3, 0.4) is 0 Å². The molecule has 5 atom stereocenters. The van der Waals surface area contributed by atoms with E-state index in [1.165, 1.54) is 12.8 Å². The fourth-order valence-electron chi connectivity index (χ4n) is 3.19. The molecule has 64 valence electrons. The molecule has 11 heavy (non-hydrogen) atoms. The zero-order chi connectivity index (χ0) is 8.22. The van der Waals surface area contributed by atoms with Crippen molar-refractivity contribution in [1.29, 1.82) is 0 Å². The van der Waals surface area contributed by atoms with E-state index in [-0.39, 0.29) is 0 Å². The monoisotopic (exact) mass is 170 g/mol. The molecule has 0 aromatic carbocycles. The van der Waals surface area contributed by atoms with Gasteiger partial charge in [0.15, 0.2) is 0 Å². The summed E-state index contributed by atoms with van der Waals surface area (Å²) in [6.45, 7) is 7.34. The minimum Gasteiger partial charge on any atom is -0.134 e. The molecule has 0 amide bonds. The second-order valence-electron chi connectivity index (χ2n) is 5.12. The van der Waals surface area contributed by atoms with E-state index >= 15 is 0 Å². The molecule has 0 aromatic rings. The van der Waals surface area contributed by atoms with Crippen LogP contribution in [0.5, 0.6) is 0 Å². The van der Waals surface area contributed by atoms with Crippen LogP contribution in [-0.4, -0.2) is 5.66 Å². The molecule has 3 rings (SSSR count). The molecule has 0 radical (unpaired) electrons. The van der Waals surface area contributed by atoms with Crippen molar-refractivity contribution < 1.29 is 0 Å². The SMILES string of the molecule is CC1C(P)CC2CC1C2(C)C. The van der Waals surface area contributed by atoms with Crippen LogP contribution < -0.4 is 0 Å². The zero-order valence-electron chi connectivity index (χ0n) is 7.80. The summed E-state index contributed by atoms with van der Waals surface area (Å²) in [5.41, 5.74) is 1.58. The summed E-state index contributed by atoms with van der Waals surface area (Å²) in [6, 6.07) is 0. The summed E-state index contributed by atoms with van der Waals surface area (Å²) < 4.78 is 0. The largest absolute Gasteiger partial charge is 0.134 e. The maximum absolute atomic E-state index is 3.03. The Hall–Kier alpha value is 0.430. The molecule has 0 aromatic heterocycles. The summed E-state index contributed by atoms with van der Waals surface area (Å²) in [6.07, 6.45) is 2.97. The summed E-state index contributed by atoms with van der Waals surface area (Å²) in [4.78, 5) is 0. The summed E-state index contributed by atoms with van der Waals surface area (Å²) >= 11 is 0. The first kappa shape index (κ1) is 8.05. The molecule has 0 saturated heterocycles. The van der Waals surface area contributed by atoms with Gasteiger partial charge in [0, 0.05) is 0 Å². The van der Waals surface area contributed by atoms with Crippen molar-refractivity contribution in [2.24, 2.45) is 23.2 Å². The molecular formula is C10H19P. The average Bonchev–Trinajstić information content (AvgIpc) is 1.93. The van der Waals surface area contributed by atoms with E-state index in [0.29, 0.717) is 5.41 Å². The molecule has 3 fully saturated rings. The van der Waals surface area contributed by atoms with Crippen LogP contribution in [-0.2, 0) is 0 Å². The van der Waals surface area contributed by atoms with Gasteiger partial charge < -0.3 is 0 Å². The number of fused-ring (bicyclic) bond motifs is 2. The van der Waals surface area contributed by atoms with Gasteiger partial charge in [-0.25, -0.2) is 0 Å². The lowest BCUT2D eigenvalue weighted by Gasteiger charge is -2.61. The highest BCUT2D eigenvalue weighted by Crippen LogP contribution is 2.62. The van der Waals surface area contributed by atoms with Crippen molar-refractivity contribution in [1.82, 2.24) is 0 Å². The Bertz CT molecular complexity index is 174. The zero-order valence-corrected chi connectivity index (χ0v) is 8.96. The maximum atomic E-state index is 3.03. The molecule has 5 unspecified atom stereocenters. The van der Waals surface area contributed by atoms with Gasteiger partial charge in [-0.1, -0.05) is 20.8 Å². The minimum absolute atomic E-state index is 0.673. The fourth-order valence-corrected chi connectivity index (χ4v) is 3.79. The van der Waals surface area contributed by atoms with E-state index in [0.717, 1.165) is 23.4 Å². The molecule has 3 saturated carbocycles. The normalized spacial score (nSPS) is 53.5. The number of rotatable bonds is 0. The van der Waals surface area contributed by atoms with Crippen molar-refractivity contribution in [3.63, 3.8) is 0 Å². The van der Waals surface area contributed by atoms with Gasteiger partial charge in [0.05, 0.1) is 0 Å². The quantitative estimate of drug-likeness (QED) is 0.490. The van der Waals surface area contributed by atoms with Crippen LogP contribution in [0.4, 0.5) is 0 Å². The Balaban J connectivity index is 2.17. The van der Waals surface area contributed by atoms with E-state index in [2.05, 4.69) is 30.0 Å². The van der Waals surface area contributed by atoms with E-state index in [4.69, 9.17) is 0 Å². The highest BCUT2D eigenvalue weighted by Gasteiger charge is 2.55. The molecule has 0 aliphatic heterocycles.